The third-order valence-electron chi connectivity index (χ3n) is 4.17. The first-order valence-electron chi connectivity index (χ1n) is 7.39. The number of carbonyl (C=O) groups excluding carboxylic acids is 3. The number of hydrogen-bond donors (Lipinski definition) is 1. The van der Waals surface area contributed by atoms with Crippen LogP contribution in [0, 0.1) is 19.8 Å². The average Bonchev–Trinajstić information content (AvgIpc) is 2.70. The second-order valence-electron chi connectivity index (χ2n) is 5.69. The van der Waals surface area contributed by atoms with Crippen LogP contribution in [0.5, 0.6) is 0 Å². The molecule has 0 radical (unpaired) electrons. The Morgan fingerprint density at radius 1 is 1.23 bits per heavy atom. The molecule has 0 unspecified atom stereocenters. The van der Waals surface area contributed by atoms with Crippen LogP contribution in [0.25, 0.3) is 0 Å². The number of esters is 2. The summed E-state index contributed by atoms with van der Waals surface area (Å²) in [5, 5.41) is 0. The zero-order chi connectivity index (χ0) is 16.4. The van der Waals surface area contributed by atoms with Gasteiger partial charge in [0.1, 0.15) is 0 Å². The number of aromatic nitrogens is 1. The molecule has 2 rings (SSSR count). The van der Waals surface area contributed by atoms with Crippen molar-refractivity contribution in [3.63, 3.8) is 0 Å². The first kappa shape index (κ1) is 16.3. The van der Waals surface area contributed by atoms with Crippen molar-refractivity contribution in [1.82, 2.24) is 4.98 Å². The molecule has 1 aliphatic carbocycles. The Bertz CT molecular complexity index is 612. The monoisotopic (exact) mass is 307 g/mol. The van der Waals surface area contributed by atoms with Gasteiger partial charge in [-0.2, -0.15) is 0 Å². The normalized spacial score (nSPS) is 15.8. The Morgan fingerprint density at radius 3 is 2.36 bits per heavy atom. The van der Waals surface area contributed by atoms with E-state index in [1.54, 1.807) is 20.8 Å². The summed E-state index contributed by atoms with van der Waals surface area (Å²) in [5.41, 5.74) is 1.71. The van der Waals surface area contributed by atoms with Gasteiger partial charge < -0.3 is 14.5 Å². The Hall–Kier alpha value is -2.11. The van der Waals surface area contributed by atoms with Crippen molar-refractivity contribution in [2.24, 2.45) is 5.92 Å². The molecule has 1 heterocycles. The molecule has 6 nitrogen and oxygen atoms in total. The van der Waals surface area contributed by atoms with Gasteiger partial charge in [-0.25, -0.2) is 4.79 Å². The van der Waals surface area contributed by atoms with E-state index in [0.717, 1.165) is 19.3 Å². The maximum Gasteiger partial charge on any atom is 0.339 e. The predicted octanol–water partition coefficient (Wildman–Crippen LogP) is 2.33. The minimum Gasteiger partial charge on any atom is -0.465 e. The second-order valence-corrected chi connectivity index (χ2v) is 5.69. The van der Waals surface area contributed by atoms with Crippen molar-refractivity contribution in [3.05, 3.63) is 22.5 Å². The highest BCUT2D eigenvalue weighted by molar-refractivity contribution is 6.04. The van der Waals surface area contributed by atoms with Crippen molar-refractivity contribution in [2.75, 3.05) is 7.11 Å². The highest BCUT2D eigenvalue weighted by Gasteiger charge is 2.31. The van der Waals surface area contributed by atoms with E-state index >= 15 is 0 Å². The molecule has 1 aromatic heterocycles. The molecule has 0 amide bonds. The molecule has 22 heavy (non-hydrogen) atoms. The van der Waals surface area contributed by atoms with Gasteiger partial charge in [0.15, 0.2) is 6.10 Å². The molecule has 120 valence electrons. The summed E-state index contributed by atoms with van der Waals surface area (Å²) in [4.78, 5) is 38.9. The number of nitrogens with one attached hydrogen (secondary N) is 1. The van der Waals surface area contributed by atoms with Gasteiger partial charge in [-0.1, -0.05) is 6.42 Å². The summed E-state index contributed by atoms with van der Waals surface area (Å²) in [6.45, 7) is 4.91. The molecule has 0 bridgehead atoms. The van der Waals surface area contributed by atoms with Gasteiger partial charge in [-0.15, -0.1) is 0 Å². The number of methoxy groups -OCH3 is 1. The summed E-state index contributed by atoms with van der Waals surface area (Å²) in [6.07, 6.45) is 1.80. The quantitative estimate of drug-likeness (QED) is 0.666. The molecular formula is C16H21NO5. The summed E-state index contributed by atoms with van der Waals surface area (Å²) in [5.74, 6) is -1.23. The van der Waals surface area contributed by atoms with Crippen molar-refractivity contribution in [3.8, 4) is 0 Å². The first-order chi connectivity index (χ1) is 10.4. The van der Waals surface area contributed by atoms with Gasteiger partial charge in [0.05, 0.1) is 24.3 Å². The first-order valence-corrected chi connectivity index (χ1v) is 7.39. The van der Waals surface area contributed by atoms with E-state index in [9.17, 15) is 14.4 Å². The summed E-state index contributed by atoms with van der Waals surface area (Å²) < 4.78 is 9.95. The smallest absolute Gasteiger partial charge is 0.339 e. The third-order valence-corrected chi connectivity index (χ3v) is 4.17. The summed E-state index contributed by atoms with van der Waals surface area (Å²) in [6, 6.07) is 0. The van der Waals surface area contributed by atoms with E-state index < -0.39 is 12.1 Å². The second kappa shape index (κ2) is 6.34. The van der Waals surface area contributed by atoms with E-state index in [0.29, 0.717) is 16.8 Å². The highest BCUT2D eigenvalue weighted by atomic mass is 16.5. The van der Waals surface area contributed by atoms with Crippen LogP contribution >= 0.6 is 0 Å². The lowest BCUT2D eigenvalue weighted by atomic mass is 9.85. The van der Waals surface area contributed by atoms with Gasteiger partial charge in [-0.3, -0.25) is 9.59 Å². The Kier molecular flexibility index (Phi) is 4.68. The maximum atomic E-state index is 12.4. The molecule has 1 saturated carbocycles. The van der Waals surface area contributed by atoms with Crippen molar-refractivity contribution in [2.45, 2.75) is 46.1 Å². The third kappa shape index (κ3) is 2.91. The number of carbonyl (C=O) groups is 3. The number of H-pyrrole nitrogens is 1. The number of aryl methyl sites for hydroxylation is 1. The Balaban J connectivity index is 2.15. The number of rotatable bonds is 5. The van der Waals surface area contributed by atoms with Crippen molar-refractivity contribution < 1.29 is 23.9 Å². The Labute approximate surface area is 129 Å². The zero-order valence-corrected chi connectivity index (χ0v) is 13.3. The molecule has 0 aliphatic heterocycles. The van der Waals surface area contributed by atoms with E-state index in [2.05, 4.69) is 4.98 Å². The minimum absolute atomic E-state index is 0.0765. The molecule has 1 atom stereocenters. The van der Waals surface area contributed by atoms with Gasteiger partial charge in [0.25, 0.3) is 0 Å². The van der Waals surface area contributed by atoms with Gasteiger partial charge in [0, 0.05) is 5.69 Å². The fraction of sp³-hybridized carbons (Fsp3) is 0.562. The fourth-order valence-corrected chi connectivity index (χ4v) is 2.58. The largest absolute Gasteiger partial charge is 0.465 e. The summed E-state index contributed by atoms with van der Waals surface area (Å²) >= 11 is 0. The van der Waals surface area contributed by atoms with Gasteiger partial charge in [0.2, 0.25) is 5.78 Å². The number of Topliss-reactive ketones (excluding diaryl/α,β-unsaturated/α-hetero) is 1. The van der Waals surface area contributed by atoms with Crippen LogP contribution in [0.1, 0.15) is 58.3 Å². The van der Waals surface area contributed by atoms with E-state index in [1.165, 1.54) is 7.11 Å². The number of ether oxygens (including phenoxy) is 2. The van der Waals surface area contributed by atoms with Crippen LogP contribution in [-0.4, -0.2) is 35.9 Å². The zero-order valence-electron chi connectivity index (χ0n) is 13.3. The SMILES string of the molecule is COC(=O)c1c(C)[nH]c(C(=O)[C@@H](C)OC(=O)C2CCC2)c1C. The molecule has 6 heteroatoms. The van der Waals surface area contributed by atoms with Crippen LogP contribution in [0.15, 0.2) is 0 Å². The van der Waals surface area contributed by atoms with Crippen LogP contribution in [0.2, 0.25) is 0 Å². The topological polar surface area (TPSA) is 85.5 Å². The molecule has 0 aromatic carbocycles. The number of hydrogen-bond acceptors (Lipinski definition) is 5. The van der Waals surface area contributed by atoms with Crippen molar-refractivity contribution >= 4 is 17.7 Å². The molecule has 1 aromatic rings. The molecule has 0 saturated heterocycles. The lowest BCUT2D eigenvalue weighted by Crippen LogP contribution is -2.31. The van der Waals surface area contributed by atoms with Crippen LogP contribution in [-0.2, 0) is 14.3 Å². The summed E-state index contributed by atoms with van der Waals surface area (Å²) in [7, 11) is 1.29. The average molecular weight is 307 g/mol. The molecule has 0 spiro atoms. The molecule has 1 N–H and O–H groups in total. The maximum absolute atomic E-state index is 12.4. The standard InChI is InChI=1S/C16H21NO5/c1-8-12(16(20)21-4)9(2)17-13(8)14(18)10(3)22-15(19)11-6-5-7-11/h10-11,17H,5-7H2,1-4H3/t10-/m1/s1. The highest BCUT2D eigenvalue weighted by Crippen LogP contribution is 2.28. The van der Waals surface area contributed by atoms with Crippen LogP contribution < -0.4 is 0 Å². The van der Waals surface area contributed by atoms with Crippen LogP contribution in [0.4, 0.5) is 0 Å². The van der Waals surface area contributed by atoms with Crippen LogP contribution in [0.3, 0.4) is 0 Å². The van der Waals surface area contributed by atoms with E-state index in [-0.39, 0.29) is 23.4 Å². The minimum atomic E-state index is -0.879. The lowest BCUT2D eigenvalue weighted by Gasteiger charge is -2.24. The lowest BCUT2D eigenvalue weighted by molar-refractivity contribution is -0.154. The van der Waals surface area contributed by atoms with E-state index in [4.69, 9.17) is 9.47 Å². The molecule has 1 aliphatic rings. The van der Waals surface area contributed by atoms with Gasteiger partial charge >= 0.3 is 11.9 Å². The fourth-order valence-electron chi connectivity index (χ4n) is 2.58. The molecule has 1 fully saturated rings. The Morgan fingerprint density at radius 2 is 1.86 bits per heavy atom. The number of ketones is 1. The van der Waals surface area contributed by atoms with Gasteiger partial charge in [-0.05, 0) is 39.2 Å². The predicted molar refractivity (Wildman–Crippen MR) is 78.8 cm³/mol. The van der Waals surface area contributed by atoms with E-state index in [1.807, 2.05) is 0 Å². The van der Waals surface area contributed by atoms with Crippen molar-refractivity contribution in [1.29, 1.82) is 0 Å². The number of aromatic amines is 1. The molecular weight excluding hydrogens is 286 g/mol.